The zero-order valence-electron chi connectivity index (χ0n) is 19.9. The van der Waals surface area contributed by atoms with Crippen LogP contribution in [0.1, 0.15) is 26.3 Å². The van der Waals surface area contributed by atoms with Crippen LogP contribution in [0.3, 0.4) is 0 Å². The SMILES string of the molecule is CCOCCOC(C)CN(CC(C)OCCO)c1ccc(N=Nc2scc[n+]2C)c(C)c1. The molecular formula is C23H37N4O4S+. The van der Waals surface area contributed by atoms with Crippen molar-refractivity contribution in [2.75, 3.05) is 51.0 Å². The lowest BCUT2D eigenvalue weighted by atomic mass is 10.1. The third-order valence-corrected chi connectivity index (χ3v) is 5.67. The first kappa shape index (κ1) is 26.3. The van der Waals surface area contributed by atoms with Gasteiger partial charge in [0.25, 0.3) is 0 Å². The van der Waals surface area contributed by atoms with E-state index in [1.165, 1.54) is 0 Å². The van der Waals surface area contributed by atoms with Gasteiger partial charge in [0.05, 0.1) is 50.8 Å². The minimum Gasteiger partial charge on any atom is -0.394 e. The van der Waals surface area contributed by atoms with E-state index in [1.807, 2.05) is 50.0 Å². The Morgan fingerprint density at radius 2 is 1.81 bits per heavy atom. The van der Waals surface area contributed by atoms with Crippen LogP contribution in [0.2, 0.25) is 0 Å². The molecule has 0 fully saturated rings. The van der Waals surface area contributed by atoms with Crippen LogP contribution < -0.4 is 9.47 Å². The van der Waals surface area contributed by atoms with Gasteiger partial charge in [-0.25, -0.2) is 4.57 Å². The maximum atomic E-state index is 9.07. The van der Waals surface area contributed by atoms with Gasteiger partial charge in [0.15, 0.2) is 0 Å². The van der Waals surface area contributed by atoms with Gasteiger partial charge in [-0.2, -0.15) is 0 Å². The topological polar surface area (TPSA) is 79.8 Å². The standard InChI is InChI=1S/C23H37N4O4S/c1-6-29-12-13-31-20(4)17-27(16-19(3)30-11-10-28)21-7-8-22(18(2)15-21)24-25-23-26(5)9-14-32-23/h7-9,14-15,19-20,28H,6,10-13,16-17H2,1-5H3/q+1. The highest BCUT2D eigenvalue weighted by Gasteiger charge is 2.17. The van der Waals surface area contributed by atoms with Crippen molar-refractivity contribution in [2.45, 2.75) is 39.9 Å². The summed E-state index contributed by atoms with van der Waals surface area (Å²) in [5.41, 5.74) is 2.96. The van der Waals surface area contributed by atoms with Gasteiger partial charge in [0.2, 0.25) is 0 Å². The number of rotatable bonds is 15. The molecule has 0 aliphatic rings. The normalized spacial score (nSPS) is 13.6. The molecule has 1 heterocycles. The molecule has 2 atom stereocenters. The summed E-state index contributed by atoms with van der Waals surface area (Å²) in [7, 11) is 1.95. The number of aryl methyl sites for hydroxylation is 2. The van der Waals surface area contributed by atoms with E-state index in [0.29, 0.717) is 39.5 Å². The average Bonchev–Trinajstić information content (AvgIpc) is 3.18. The van der Waals surface area contributed by atoms with Gasteiger partial charge in [-0.15, -0.1) is 0 Å². The molecule has 0 spiro atoms. The van der Waals surface area contributed by atoms with E-state index in [1.54, 1.807) is 11.3 Å². The lowest BCUT2D eigenvalue weighted by molar-refractivity contribution is -0.654. The molecule has 0 bridgehead atoms. The number of aliphatic hydroxyl groups excluding tert-OH is 1. The Bertz CT molecular complexity index is 830. The third-order valence-electron chi connectivity index (χ3n) is 4.83. The van der Waals surface area contributed by atoms with E-state index in [9.17, 15) is 0 Å². The molecule has 1 N–H and O–H groups in total. The number of hydrogen-bond donors (Lipinski definition) is 1. The minimum absolute atomic E-state index is 0.0160. The van der Waals surface area contributed by atoms with Crippen molar-refractivity contribution in [1.29, 1.82) is 0 Å². The smallest absolute Gasteiger partial charge is 0.394 e. The summed E-state index contributed by atoms with van der Waals surface area (Å²) in [4.78, 5) is 2.25. The first-order chi connectivity index (χ1) is 15.4. The molecule has 9 heteroatoms. The summed E-state index contributed by atoms with van der Waals surface area (Å²) >= 11 is 1.55. The van der Waals surface area contributed by atoms with Crippen molar-refractivity contribution in [2.24, 2.45) is 17.3 Å². The van der Waals surface area contributed by atoms with Crippen molar-refractivity contribution < 1.29 is 23.9 Å². The molecule has 178 valence electrons. The lowest BCUT2D eigenvalue weighted by Crippen LogP contribution is -2.38. The van der Waals surface area contributed by atoms with E-state index in [2.05, 4.69) is 34.2 Å². The maximum absolute atomic E-state index is 9.07. The van der Waals surface area contributed by atoms with Crippen LogP contribution in [0.4, 0.5) is 16.5 Å². The average molecular weight is 466 g/mol. The summed E-state index contributed by atoms with van der Waals surface area (Å²) in [6.45, 7) is 11.7. The van der Waals surface area contributed by atoms with Gasteiger partial charge >= 0.3 is 5.13 Å². The monoisotopic (exact) mass is 465 g/mol. The zero-order valence-corrected chi connectivity index (χ0v) is 20.7. The molecule has 2 unspecified atom stereocenters. The Morgan fingerprint density at radius 1 is 1.09 bits per heavy atom. The van der Waals surface area contributed by atoms with E-state index in [4.69, 9.17) is 19.3 Å². The van der Waals surface area contributed by atoms with Gasteiger partial charge < -0.3 is 24.2 Å². The molecule has 0 saturated heterocycles. The van der Waals surface area contributed by atoms with E-state index < -0.39 is 0 Å². The molecule has 2 rings (SSSR count). The second kappa shape index (κ2) is 14.3. The van der Waals surface area contributed by atoms with Crippen molar-refractivity contribution in [3.8, 4) is 0 Å². The fraction of sp³-hybridized carbons (Fsp3) is 0.609. The zero-order chi connectivity index (χ0) is 23.3. The molecule has 0 radical (unpaired) electrons. The summed E-state index contributed by atoms with van der Waals surface area (Å²) in [5, 5.41) is 20.7. The van der Waals surface area contributed by atoms with Gasteiger partial charge in [0, 0.05) is 30.8 Å². The van der Waals surface area contributed by atoms with Gasteiger partial charge in [-0.05, 0) is 67.9 Å². The number of aromatic nitrogens is 1. The summed E-state index contributed by atoms with van der Waals surface area (Å²) in [6.07, 6.45) is 1.96. The third kappa shape index (κ3) is 8.91. The molecule has 32 heavy (non-hydrogen) atoms. The number of ether oxygens (including phenoxy) is 3. The highest BCUT2D eigenvalue weighted by Crippen LogP contribution is 2.27. The maximum Gasteiger partial charge on any atom is 0.408 e. The molecular weight excluding hydrogens is 428 g/mol. The van der Waals surface area contributed by atoms with Crippen LogP contribution in [-0.4, -0.2) is 63.4 Å². The number of azo groups is 1. The predicted molar refractivity (Wildman–Crippen MR) is 127 cm³/mol. The fourth-order valence-electron chi connectivity index (χ4n) is 3.19. The van der Waals surface area contributed by atoms with E-state index in [0.717, 1.165) is 22.1 Å². The lowest BCUT2D eigenvalue weighted by Gasteiger charge is -2.30. The Morgan fingerprint density at radius 3 is 2.41 bits per heavy atom. The summed E-state index contributed by atoms with van der Waals surface area (Å²) in [6, 6.07) is 6.17. The van der Waals surface area contributed by atoms with Crippen LogP contribution in [0, 0.1) is 6.92 Å². The van der Waals surface area contributed by atoms with Crippen LogP contribution in [0.5, 0.6) is 0 Å². The number of hydrogen-bond acceptors (Lipinski definition) is 8. The van der Waals surface area contributed by atoms with Crippen LogP contribution in [-0.2, 0) is 21.3 Å². The Kier molecular flexibility index (Phi) is 11.8. The second-order valence-electron chi connectivity index (χ2n) is 7.66. The Hall–Kier alpha value is -1.91. The molecule has 0 amide bonds. The Labute approximate surface area is 195 Å². The van der Waals surface area contributed by atoms with Crippen LogP contribution in [0.15, 0.2) is 40.0 Å². The second-order valence-corrected chi connectivity index (χ2v) is 8.53. The summed E-state index contributed by atoms with van der Waals surface area (Å²) < 4.78 is 18.9. The number of benzene rings is 1. The number of anilines is 1. The first-order valence-electron chi connectivity index (χ1n) is 11.1. The number of nitrogens with zero attached hydrogens (tertiary/aromatic N) is 4. The highest BCUT2D eigenvalue weighted by molar-refractivity contribution is 7.12. The predicted octanol–water partition coefficient (Wildman–Crippen LogP) is 3.94. The molecule has 1 aromatic heterocycles. The van der Waals surface area contributed by atoms with Crippen LogP contribution >= 0.6 is 11.3 Å². The number of aliphatic hydroxyl groups is 1. The van der Waals surface area contributed by atoms with Crippen molar-refractivity contribution >= 4 is 27.8 Å². The molecule has 0 saturated carbocycles. The molecule has 1 aromatic carbocycles. The van der Waals surface area contributed by atoms with Gasteiger partial charge in [-0.1, -0.05) is 0 Å². The molecule has 0 aliphatic heterocycles. The molecule has 8 nitrogen and oxygen atoms in total. The van der Waals surface area contributed by atoms with Crippen LogP contribution in [0.25, 0.3) is 0 Å². The van der Waals surface area contributed by atoms with Crippen molar-refractivity contribution in [3.63, 3.8) is 0 Å². The van der Waals surface area contributed by atoms with Crippen molar-refractivity contribution in [1.82, 2.24) is 0 Å². The summed E-state index contributed by atoms with van der Waals surface area (Å²) in [5.74, 6) is 0. The van der Waals surface area contributed by atoms with E-state index in [-0.39, 0.29) is 18.8 Å². The quantitative estimate of drug-likeness (QED) is 0.245. The van der Waals surface area contributed by atoms with Gasteiger partial charge in [0.1, 0.15) is 11.9 Å². The molecule has 2 aromatic rings. The van der Waals surface area contributed by atoms with E-state index >= 15 is 0 Å². The number of thiazole rings is 1. The Balaban J connectivity index is 2.11. The van der Waals surface area contributed by atoms with Gasteiger partial charge in [-0.3, -0.25) is 0 Å². The van der Waals surface area contributed by atoms with Crippen molar-refractivity contribution in [3.05, 3.63) is 35.3 Å². The first-order valence-corrected chi connectivity index (χ1v) is 11.9. The molecule has 0 aliphatic carbocycles. The minimum atomic E-state index is -0.0312. The highest BCUT2D eigenvalue weighted by atomic mass is 32.1. The fourth-order valence-corrected chi connectivity index (χ4v) is 3.87. The largest absolute Gasteiger partial charge is 0.408 e.